The summed E-state index contributed by atoms with van der Waals surface area (Å²) >= 11 is 0. The van der Waals surface area contributed by atoms with E-state index in [1.54, 1.807) is 13.0 Å². The lowest BCUT2D eigenvalue weighted by Gasteiger charge is -2.31. The maximum atomic E-state index is 13.6. The molecule has 0 amide bonds. The molecule has 0 aliphatic carbocycles. The number of benzene rings is 2. The van der Waals surface area contributed by atoms with Crippen LogP contribution in [-0.2, 0) is 11.2 Å². The van der Waals surface area contributed by atoms with Crippen molar-refractivity contribution in [3.8, 4) is 0 Å². The number of halogens is 1. The van der Waals surface area contributed by atoms with Crippen LogP contribution in [0.2, 0.25) is 0 Å². The first kappa shape index (κ1) is 14.2. The Balaban J connectivity index is 1.58. The normalized spacial score (nSPS) is 22.2. The van der Waals surface area contributed by atoms with Crippen LogP contribution in [0.1, 0.15) is 22.8 Å². The van der Waals surface area contributed by atoms with E-state index in [1.165, 1.54) is 5.56 Å². The molecular formula is C18H20FNO. The summed E-state index contributed by atoms with van der Waals surface area (Å²) in [6.07, 6.45) is 0.891. The maximum absolute atomic E-state index is 13.6. The largest absolute Gasteiger partial charge is 0.371 e. The molecule has 1 fully saturated rings. The van der Waals surface area contributed by atoms with E-state index in [2.05, 4.69) is 29.6 Å². The number of rotatable bonds is 3. The van der Waals surface area contributed by atoms with Crippen LogP contribution in [0.3, 0.4) is 0 Å². The Bertz CT molecular complexity index is 591. The molecule has 3 rings (SSSR count). The number of hydrogen-bond acceptors (Lipinski definition) is 2. The van der Waals surface area contributed by atoms with E-state index < -0.39 is 0 Å². The lowest BCUT2D eigenvalue weighted by Crippen LogP contribution is -2.44. The van der Waals surface area contributed by atoms with Crippen molar-refractivity contribution in [2.75, 3.05) is 13.2 Å². The number of ether oxygens (including phenoxy) is 1. The SMILES string of the molecule is Cc1ccc(C2CNC(Cc3ccccc3)CO2)cc1F. The van der Waals surface area contributed by atoms with Gasteiger partial charge in [0.05, 0.1) is 12.7 Å². The zero-order valence-electron chi connectivity index (χ0n) is 12.2. The molecule has 2 aromatic carbocycles. The van der Waals surface area contributed by atoms with Gasteiger partial charge in [0.15, 0.2) is 0 Å². The molecule has 0 spiro atoms. The molecule has 0 radical (unpaired) electrons. The molecule has 3 heteroatoms. The monoisotopic (exact) mass is 285 g/mol. The number of hydrogen-bond donors (Lipinski definition) is 1. The van der Waals surface area contributed by atoms with Crippen LogP contribution in [0.25, 0.3) is 0 Å². The predicted molar refractivity (Wildman–Crippen MR) is 81.8 cm³/mol. The minimum absolute atomic E-state index is 0.0628. The average Bonchev–Trinajstić information content (AvgIpc) is 2.52. The third-order valence-corrected chi connectivity index (χ3v) is 3.98. The quantitative estimate of drug-likeness (QED) is 0.933. The standard InChI is InChI=1S/C18H20FNO/c1-13-7-8-15(10-17(13)19)18-11-20-16(12-21-18)9-14-5-3-2-4-6-14/h2-8,10,16,18,20H,9,11-12H2,1H3. The van der Waals surface area contributed by atoms with Gasteiger partial charge < -0.3 is 10.1 Å². The fourth-order valence-corrected chi connectivity index (χ4v) is 2.68. The van der Waals surface area contributed by atoms with Gasteiger partial charge in [-0.05, 0) is 36.1 Å². The first-order valence-electron chi connectivity index (χ1n) is 7.37. The van der Waals surface area contributed by atoms with Crippen molar-refractivity contribution in [1.29, 1.82) is 0 Å². The van der Waals surface area contributed by atoms with Crippen molar-refractivity contribution in [3.63, 3.8) is 0 Å². The second-order valence-electron chi connectivity index (χ2n) is 5.63. The van der Waals surface area contributed by atoms with Crippen molar-refractivity contribution in [2.45, 2.75) is 25.5 Å². The first-order valence-corrected chi connectivity index (χ1v) is 7.37. The molecule has 2 unspecified atom stereocenters. The minimum Gasteiger partial charge on any atom is -0.371 e. The number of morpholine rings is 1. The Hall–Kier alpha value is -1.71. The van der Waals surface area contributed by atoms with Gasteiger partial charge in [-0.2, -0.15) is 0 Å². The van der Waals surface area contributed by atoms with Gasteiger partial charge in [-0.1, -0.05) is 42.5 Å². The number of nitrogens with one attached hydrogen (secondary N) is 1. The second kappa shape index (κ2) is 6.37. The van der Waals surface area contributed by atoms with Crippen molar-refractivity contribution in [3.05, 3.63) is 71.0 Å². The Morgan fingerprint density at radius 2 is 2.00 bits per heavy atom. The molecule has 0 bridgehead atoms. The van der Waals surface area contributed by atoms with Crippen LogP contribution in [0.4, 0.5) is 4.39 Å². The first-order chi connectivity index (χ1) is 10.2. The van der Waals surface area contributed by atoms with Gasteiger partial charge in [0.1, 0.15) is 5.82 Å². The van der Waals surface area contributed by atoms with Crippen LogP contribution >= 0.6 is 0 Å². The number of aryl methyl sites for hydroxylation is 1. The molecule has 0 saturated carbocycles. The van der Waals surface area contributed by atoms with Gasteiger partial charge in [-0.15, -0.1) is 0 Å². The Kier molecular flexibility index (Phi) is 4.32. The van der Waals surface area contributed by atoms with Crippen molar-refractivity contribution < 1.29 is 9.13 Å². The van der Waals surface area contributed by atoms with Gasteiger partial charge >= 0.3 is 0 Å². The van der Waals surface area contributed by atoms with Crippen LogP contribution in [0, 0.1) is 12.7 Å². The summed E-state index contributed by atoms with van der Waals surface area (Å²) in [5, 5.41) is 3.50. The topological polar surface area (TPSA) is 21.3 Å². The van der Waals surface area contributed by atoms with Gasteiger partial charge in [0, 0.05) is 12.6 Å². The van der Waals surface area contributed by atoms with Gasteiger partial charge in [-0.3, -0.25) is 0 Å². The summed E-state index contributed by atoms with van der Waals surface area (Å²) < 4.78 is 19.5. The van der Waals surface area contributed by atoms with Crippen LogP contribution in [0.15, 0.2) is 48.5 Å². The van der Waals surface area contributed by atoms with E-state index in [-0.39, 0.29) is 11.9 Å². The highest BCUT2D eigenvalue weighted by Gasteiger charge is 2.22. The highest BCUT2D eigenvalue weighted by Crippen LogP contribution is 2.23. The van der Waals surface area contributed by atoms with Crippen molar-refractivity contribution in [1.82, 2.24) is 5.32 Å². The smallest absolute Gasteiger partial charge is 0.126 e. The van der Waals surface area contributed by atoms with E-state index in [4.69, 9.17) is 4.74 Å². The molecule has 1 aliphatic heterocycles. The molecule has 0 aromatic heterocycles. The zero-order valence-corrected chi connectivity index (χ0v) is 12.2. The molecule has 2 nitrogen and oxygen atoms in total. The Morgan fingerprint density at radius 1 is 1.19 bits per heavy atom. The lowest BCUT2D eigenvalue weighted by molar-refractivity contribution is 0.00291. The summed E-state index contributed by atoms with van der Waals surface area (Å²) in [6, 6.07) is 16.0. The van der Waals surface area contributed by atoms with Gasteiger partial charge in [0.2, 0.25) is 0 Å². The molecule has 1 saturated heterocycles. The van der Waals surface area contributed by atoms with E-state index in [9.17, 15) is 4.39 Å². The molecule has 2 atom stereocenters. The minimum atomic E-state index is -0.164. The molecule has 1 heterocycles. The molecule has 2 aromatic rings. The fraction of sp³-hybridized carbons (Fsp3) is 0.333. The third-order valence-electron chi connectivity index (χ3n) is 3.98. The van der Waals surface area contributed by atoms with Gasteiger partial charge in [-0.25, -0.2) is 4.39 Å². The van der Waals surface area contributed by atoms with Crippen LogP contribution in [-0.4, -0.2) is 19.2 Å². The molecular weight excluding hydrogens is 265 g/mol. The fourth-order valence-electron chi connectivity index (χ4n) is 2.68. The van der Waals surface area contributed by atoms with E-state index in [0.717, 1.165) is 18.5 Å². The zero-order chi connectivity index (χ0) is 14.7. The Labute approximate surface area is 125 Å². The summed E-state index contributed by atoms with van der Waals surface area (Å²) in [5.41, 5.74) is 2.88. The highest BCUT2D eigenvalue weighted by molar-refractivity contribution is 5.25. The summed E-state index contributed by atoms with van der Waals surface area (Å²) in [6.45, 7) is 3.14. The molecule has 110 valence electrons. The molecule has 1 aliphatic rings. The lowest BCUT2D eigenvalue weighted by atomic mass is 10.0. The second-order valence-corrected chi connectivity index (χ2v) is 5.63. The highest BCUT2D eigenvalue weighted by atomic mass is 19.1. The molecule has 1 N–H and O–H groups in total. The summed E-state index contributed by atoms with van der Waals surface area (Å²) in [4.78, 5) is 0. The predicted octanol–water partition coefficient (Wildman–Crippen LogP) is 3.41. The van der Waals surface area contributed by atoms with Crippen molar-refractivity contribution >= 4 is 0 Å². The summed E-state index contributed by atoms with van der Waals surface area (Å²) in [7, 11) is 0. The van der Waals surface area contributed by atoms with Crippen molar-refractivity contribution in [2.24, 2.45) is 0 Å². The van der Waals surface area contributed by atoms with Gasteiger partial charge in [0.25, 0.3) is 0 Å². The summed E-state index contributed by atoms with van der Waals surface area (Å²) in [5.74, 6) is -0.164. The van der Waals surface area contributed by atoms with E-state index in [1.807, 2.05) is 18.2 Å². The average molecular weight is 285 g/mol. The maximum Gasteiger partial charge on any atom is 0.126 e. The molecule has 21 heavy (non-hydrogen) atoms. The van der Waals surface area contributed by atoms with Crippen LogP contribution < -0.4 is 5.32 Å². The third kappa shape index (κ3) is 3.49. The Morgan fingerprint density at radius 3 is 2.67 bits per heavy atom. The van der Waals surface area contributed by atoms with Crippen LogP contribution in [0.5, 0.6) is 0 Å². The van der Waals surface area contributed by atoms with E-state index >= 15 is 0 Å². The van der Waals surface area contributed by atoms with E-state index in [0.29, 0.717) is 18.2 Å².